The van der Waals surface area contributed by atoms with E-state index in [0.717, 1.165) is 44.4 Å². The highest BCUT2D eigenvalue weighted by atomic mass is 16.3. The van der Waals surface area contributed by atoms with E-state index in [4.69, 9.17) is 4.42 Å². The van der Waals surface area contributed by atoms with Gasteiger partial charge in [-0.05, 0) is 88.9 Å². The molecule has 271 valence electrons. The third-order valence-electron chi connectivity index (χ3n) is 12.1. The Bertz CT molecular complexity index is 3470. The van der Waals surface area contributed by atoms with E-state index in [-0.39, 0.29) is 0 Å². The van der Waals surface area contributed by atoms with Crippen molar-refractivity contribution in [3.05, 3.63) is 187 Å². The summed E-state index contributed by atoms with van der Waals surface area (Å²) < 4.78 is 9.11. The second kappa shape index (κ2) is 12.6. The van der Waals surface area contributed by atoms with Gasteiger partial charge in [-0.1, -0.05) is 150 Å². The van der Waals surface area contributed by atoms with Gasteiger partial charge in [-0.25, -0.2) is 0 Å². The lowest BCUT2D eigenvalue weighted by atomic mass is 9.58. The number of nitrogens with one attached hydrogen (secondary N) is 1. The van der Waals surface area contributed by atoms with Gasteiger partial charge in [0.2, 0.25) is 0 Å². The van der Waals surface area contributed by atoms with Crippen LogP contribution in [0, 0.1) is 13.8 Å². The first-order chi connectivity index (χ1) is 28.6. The highest BCUT2D eigenvalue weighted by molar-refractivity contribution is 6.73. The van der Waals surface area contributed by atoms with Crippen LogP contribution in [0.4, 0.5) is 11.4 Å². The molecule has 9 aromatic carbocycles. The van der Waals surface area contributed by atoms with Gasteiger partial charge < -0.3 is 14.3 Å². The first kappa shape index (κ1) is 32.9. The predicted octanol–water partition coefficient (Wildman–Crippen LogP) is 13.2. The molecule has 2 aromatic heterocycles. The highest BCUT2D eigenvalue weighted by Gasteiger charge is 2.30. The van der Waals surface area contributed by atoms with E-state index >= 15 is 0 Å². The van der Waals surface area contributed by atoms with Crippen molar-refractivity contribution in [1.82, 2.24) is 4.57 Å². The van der Waals surface area contributed by atoms with Crippen LogP contribution >= 0.6 is 0 Å². The largest absolute Gasteiger partial charge is 0.456 e. The zero-order valence-corrected chi connectivity index (χ0v) is 32.2. The summed E-state index contributed by atoms with van der Waals surface area (Å²) in [4.78, 5) is 0. The number of rotatable bonds is 5. The molecule has 0 unspecified atom stereocenters. The summed E-state index contributed by atoms with van der Waals surface area (Å²) in [6.07, 6.45) is 0. The summed E-state index contributed by atoms with van der Waals surface area (Å²) in [7, 11) is 2.43. The molecular formula is C54H36BN2O. The molecule has 0 saturated carbocycles. The van der Waals surface area contributed by atoms with Crippen LogP contribution in [-0.4, -0.2) is 11.8 Å². The lowest BCUT2D eigenvalue weighted by Crippen LogP contribution is -2.37. The van der Waals surface area contributed by atoms with Crippen LogP contribution in [0.5, 0.6) is 0 Å². The van der Waals surface area contributed by atoms with Crippen LogP contribution in [0.3, 0.4) is 0 Å². The Morgan fingerprint density at radius 3 is 2.09 bits per heavy atom. The molecule has 11 aromatic rings. The summed E-state index contributed by atoms with van der Waals surface area (Å²) in [5.74, 6) is 0. The Morgan fingerprint density at radius 1 is 0.483 bits per heavy atom. The van der Waals surface area contributed by atoms with Crippen LogP contribution in [0.25, 0.3) is 93.6 Å². The number of aromatic nitrogens is 1. The molecule has 1 radical (unpaired) electrons. The van der Waals surface area contributed by atoms with Crippen molar-refractivity contribution in [3.63, 3.8) is 0 Å². The van der Waals surface area contributed by atoms with E-state index in [0.29, 0.717) is 0 Å². The molecular weight excluding hydrogens is 703 g/mol. The van der Waals surface area contributed by atoms with Crippen molar-refractivity contribution in [1.29, 1.82) is 0 Å². The minimum Gasteiger partial charge on any atom is -0.456 e. The van der Waals surface area contributed by atoms with E-state index in [1.54, 1.807) is 0 Å². The molecule has 4 heteroatoms. The molecule has 0 spiro atoms. The maximum Gasteiger partial charge on any atom is 0.197 e. The maximum atomic E-state index is 6.54. The zero-order valence-electron chi connectivity index (χ0n) is 32.2. The summed E-state index contributed by atoms with van der Waals surface area (Å²) in [6.45, 7) is 4.32. The number of fused-ring (bicyclic) bond motifs is 10. The smallest absolute Gasteiger partial charge is 0.197 e. The molecule has 12 rings (SSSR count). The predicted molar refractivity (Wildman–Crippen MR) is 246 cm³/mol. The lowest BCUT2D eigenvalue weighted by molar-refractivity contribution is 0.669. The SMILES string of the molecule is Cc1ccc(Nc2cc3oc4ccccc4c3cc2-c2cc(-c3ccccc3-c3ccccc3)c3c4ccc5ccccc5c4n4c3c2[B]c2cc(C)ccc2-4)cc1. The number of nitrogens with zero attached hydrogens (tertiary/aromatic N) is 1. The maximum absolute atomic E-state index is 6.54. The summed E-state index contributed by atoms with van der Waals surface area (Å²) >= 11 is 0. The molecule has 0 fully saturated rings. The number of anilines is 2. The molecule has 3 heterocycles. The number of furan rings is 1. The van der Waals surface area contributed by atoms with Gasteiger partial charge in [0, 0.05) is 55.5 Å². The fourth-order valence-electron chi connectivity index (χ4n) is 9.45. The number of aryl methyl sites for hydroxylation is 2. The second-order valence-electron chi connectivity index (χ2n) is 15.7. The number of para-hydroxylation sites is 1. The monoisotopic (exact) mass is 739 g/mol. The second-order valence-corrected chi connectivity index (χ2v) is 15.7. The molecule has 0 amide bonds. The van der Waals surface area contributed by atoms with Crippen LogP contribution in [0.1, 0.15) is 11.1 Å². The molecule has 1 aliphatic rings. The quantitative estimate of drug-likeness (QED) is 0.178. The van der Waals surface area contributed by atoms with Crippen LogP contribution in [0.2, 0.25) is 0 Å². The van der Waals surface area contributed by atoms with Gasteiger partial charge in [-0.15, -0.1) is 0 Å². The Labute approximate surface area is 337 Å². The van der Waals surface area contributed by atoms with Gasteiger partial charge in [-0.3, -0.25) is 0 Å². The Hall–Kier alpha value is -7.30. The molecule has 3 nitrogen and oxygen atoms in total. The first-order valence-electron chi connectivity index (χ1n) is 20.0. The van der Waals surface area contributed by atoms with Gasteiger partial charge in [0.25, 0.3) is 0 Å². The van der Waals surface area contributed by atoms with Crippen molar-refractivity contribution in [3.8, 4) is 39.1 Å². The average Bonchev–Trinajstić information content (AvgIpc) is 3.81. The van der Waals surface area contributed by atoms with Crippen molar-refractivity contribution in [2.45, 2.75) is 13.8 Å². The summed E-state index contributed by atoms with van der Waals surface area (Å²) in [5, 5.41) is 11.0. The average molecular weight is 740 g/mol. The topological polar surface area (TPSA) is 30.1 Å². The van der Waals surface area contributed by atoms with Crippen molar-refractivity contribution < 1.29 is 4.42 Å². The number of hydrogen-bond acceptors (Lipinski definition) is 2. The van der Waals surface area contributed by atoms with E-state index in [9.17, 15) is 0 Å². The Balaban J connectivity index is 1.28. The van der Waals surface area contributed by atoms with Gasteiger partial charge >= 0.3 is 0 Å². The first-order valence-corrected chi connectivity index (χ1v) is 20.0. The van der Waals surface area contributed by atoms with Crippen molar-refractivity contribution in [2.24, 2.45) is 0 Å². The molecule has 0 atom stereocenters. The Morgan fingerprint density at radius 2 is 1.22 bits per heavy atom. The molecule has 1 aliphatic heterocycles. The van der Waals surface area contributed by atoms with Crippen molar-refractivity contribution in [2.75, 3.05) is 5.32 Å². The lowest BCUT2D eigenvalue weighted by Gasteiger charge is -2.26. The van der Waals surface area contributed by atoms with E-state index in [1.165, 1.54) is 82.6 Å². The third kappa shape index (κ3) is 4.95. The minimum atomic E-state index is 0.856. The van der Waals surface area contributed by atoms with Crippen LogP contribution < -0.4 is 16.2 Å². The molecule has 0 saturated heterocycles. The summed E-state index contributed by atoms with van der Waals surface area (Å²) in [6, 6.07) is 64.1. The molecule has 1 N–H and O–H groups in total. The Kier molecular flexibility index (Phi) is 7.15. The minimum absolute atomic E-state index is 0.856. The molecule has 0 aliphatic carbocycles. The van der Waals surface area contributed by atoms with Crippen LogP contribution in [0.15, 0.2) is 180 Å². The standard InChI is InChI=1S/C54H36BN2O/c1-32-20-24-36(25-21-32)56-47-31-50-43(40-18-10-11-19-49(40)58-50)29-42(47)45-30-44(39-17-9-8-15-37(39)34-12-4-3-5-13-34)51-41-26-23-35-14-6-7-16-38(35)53(41)57-48-27-22-33(2)28-46(48)55-52(45)54(51)57/h3-31,56H,1-2H3. The highest BCUT2D eigenvalue weighted by Crippen LogP contribution is 2.47. The van der Waals surface area contributed by atoms with Gasteiger partial charge in [-0.2, -0.15) is 0 Å². The molecule has 58 heavy (non-hydrogen) atoms. The van der Waals surface area contributed by atoms with Gasteiger partial charge in [0.1, 0.15) is 11.2 Å². The number of benzene rings is 9. The molecule has 0 bridgehead atoms. The summed E-state index contributed by atoms with van der Waals surface area (Å²) in [5.41, 5.74) is 19.3. The van der Waals surface area contributed by atoms with Crippen LogP contribution in [-0.2, 0) is 0 Å². The van der Waals surface area contributed by atoms with E-state index < -0.39 is 0 Å². The van der Waals surface area contributed by atoms with E-state index in [1.807, 2.05) is 6.07 Å². The number of hydrogen-bond donors (Lipinski definition) is 1. The zero-order chi connectivity index (χ0) is 38.5. The fourth-order valence-corrected chi connectivity index (χ4v) is 9.45. The normalized spacial score (nSPS) is 12.1. The fraction of sp³-hybridized carbons (Fsp3) is 0.0370. The van der Waals surface area contributed by atoms with Gasteiger partial charge in [0.05, 0.1) is 11.2 Å². The van der Waals surface area contributed by atoms with Gasteiger partial charge in [0.15, 0.2) is 7.28 Å². The third-order valence-corrected chi connectivity index (χ3v) is 12.1. The van der Waals surface area contributed by atoms with Crippen molar-refractivity contribution >= 4 is 84.1 Å². The van der Waals surface area contributed by atoms with E-state index in [2.05, 4.69) is 201 Å².